The Morgan fingerprint density at radius 3 is 2.19 bits per heavy atom. The van der Waals surface area contributed by atoms with Crippen LogP contribution in [-0.2, 0) is 24.3 Å². The molecule has 0 radical (unpaired) electrons. The van der Waals surface area contributed by atoms with Crippen molar-refractivity contribution in [1.82, 2.24) is 20.0 Å². The zero-order chi connectivity index (χ0) is 41.7. The van der Waals surface area contributed by atoms with Gasteiger partial charge in [0.25, 0.3) is 5.91 Å². The first-order valence-electron chi connectivity index (χ1n) is 19.7. The number of para-hydroxylation sites is 1. The average molecular weight is 816 g/mol. The van der Waals surface area contributed by atoms with E-state index in [2.05, 4.69) is 25.3 Å². The number of aromatic nitrogens is 2. The summed E-state index contributed by atoms with van der Waals surface area (Å²) in [4.78, 5) is 64.6. The fourth-order valence-corrected chi connectivity index (χ4v) is 7.85. The number of nitrogens with zero attached hydrogens (tertiary/aromatic N) is 2. The van der Waals surface area contributed by atoms with Crippen molar-refractivity contribution in [3.8, 4) is 23.1 Å². The molecule has 1 aliphatic heterocycles. The van der Waals surface area contributed by atoms with Gasteiger partial charge in [0.1, 0.15) is 17.3 Å². The number of methoxy groups -OCH3 is 1. The van der Waals surface area contributed by atoms with Gasteiger partial charge in [-0.05, 0) is 70.2 Å². The molecule has 0 bridgehead atoms. The number of anilines is 1. The van der Waals surface area contributed by atoms with Gasteiger partial charge in [-0.15, -0.1) is 0 Å². The second-order valence-electron chi connectivity index (χ2n) is 15.4. The van der Waals surface area contributed by atoms with Crippen LogP contribution in [0.3, 0.4) is 0 Å². The predicted octanol–water partition coefficient (Wildman–Crippen LogP) is 7.29. The van der Waals surface area contributed by atoms with Crippen LogP contribution < -0.4 is 24.8 Å². The van der Waals surface area contributed by atoms with Crippen molar-refractivity contribution in [2.75, 3.05) is 18.2 Å². The Bertz CT molecular complexity index is 2100. The van der Waals surface area contributed by atoms with E-state index in [9.17, 15) is 27.6 Å². The van der Waals surface area contributed by atoms with Crippen molar-refractivity contribution >= 4 is 39.4 Å². The van der Waals surface area contributed by atoms with E-state index in [4.69, 9.17) is 14.2 Å². The van der Waals surface area contributed by atoms with Gasteiger partial charge < -0.3 is 24.8 Å². The number of ketones is 1. The highest BCUT2D eigenvalue weighted by Crippen LogP contribution is 2.31. The molecule has 2 unspecified atom stereocenters. The molecular weight excluding hydrogens is 763 g/mol. The maximum absolute atomic E-state index is 14.7. The standard InChI is InChI=1S/C43H53N5O9S/c1-43(2,3)57-42(52)45-34-22-14-9-7-5-6-8-10-17-27-58(53,54)48-40(50)32-20-15-16-21-33(32)44-41(51)37(38(34)49)29-23-25-31(26-24-29)56-36-28-35(55-4)46-39(47-36)30-18-12-11-13-19-30/h11-13,15-16,18-21,23,25-26,28-29,34,37H,5-10,14,17,22,24,27H2,1-4H3,(H,44,51)(H,45,52)(H,48,50)/t29?,34-,37?/m0/s1. The number of carbonyl (C=O) groups is 4. The molecule has 0 saturated carbocycles. The van der Waals surface area contributed by atoms with Crippen LogP contribution in [0.2, 0.25) is 0 Å². The van der Waals surface area contributed by atoms with E-state index in [1.807, 2.05) is 30.3 Å². The number of nitrogens with one attached hydrogen (secondary N) is 3. The van der Waals surface area contributed by atoms with Gasteiger partial charge >= 0.3 is 6.09 Å². The van der Waals surface area contributed by atoms with Crippen LogP contribution in [0.4, 0.5) is 10.5 Å². The number of rotatable bonds is 6. The summed E-state index contributed by atoms with van der Waals surface area (Å²) in [6, 6.07) is 15.8. The number of Topliss-reactive ketones (excluding diaryl/α,β-unsaturated/α-hetero) is 1. The molecule has 3 aromatic rings. The highest BCUT2D eigenvalue weighted by atomic mass is 32.2. The van der Waals surface area contributed by atoms with E-state index in [0.29, 0.717) is 36.7 Å². The Labute approximate surface area is 340 Å². The zero-order valence-electron chi connectivity index (χ0n) is 33.5. The minimum atomic E-state index is -3.95. The molecule has 1 aromatic heterocycles. The second kappa shape index (κ2) is 20.2. The first-order valence-corrected chi connectivity index (χ1v) is 21.4. The number of sulfonamides is 1. The first kappa shape index (κ1) is 43.6. The Kier molecular flexibility index (Phi) is 15.2. The van der Waals surface area contributed by atoms with Crippen LogP contribution in [-0.4, -0.2) is 66.6 Å². The van der Waals surface area contributed by atoms with E-state index < -0.39 is 57.2 Å². The van der Waals surface area contributed by atoms with Gasteiger partial charge in [0.05, 0.1) is 36.2 Å². The fourth-order valence-electron chi connectivity index (χ4n) is 6.77. The summed E-state index contributed by atoms with van der Waals surface area (Å²) >= 11 is 0. The average Bonchev–Trinajstić information content (AvgIpc) is 3.18. The summed E-state index contributed by atoms with van der Waals surface area (Å²) in [7, 11) is -2.46. The van der Waals surface area contributed by atoms with Gasteiger partial charge in [-0.2, -0.15) is 9.97 Å². The highest BCUT2D eigenvalue weighted by Gasteiger charge is 2.39. The quantitative estimate of drug-likeness (QED) is 0.212. The third-order valence-electron chi connectivity index (χ3n) is 9.63. The molecule has 2 aliphatic rings. The smallest absolute Gasteiger partial charge is 0.408 e. The predicted molar refractivity (Wildman–Crippen MR) is 220 cm³/mol. The van der Waals surface area contributed by atoms with Gasteiger partial charge in [0.2, 0.25) is 27.7 Å². The molecule has 15 heteroatoms. The lowest BCUT2D eigenvalue weighted by Gasteiger charge is -2.29. The molecule has 0 fully saturated rings. The minimum absolute atomic E-state index is 0.0235. The molecule has 3 amide bonds. The Morgan fingerprint density at radius 1 is 0.862 bits per heavy atom. The first-order chi connectivity index (χ1) is 27.7. The maximum atomic E-state index is 14.7. The minimum Gasteiger partial charge on any atom is -0.481 e. The van der Waals surface area contributed by atoms with Crippen LogP contribution in [0, 0.1) is 11.8 Å². The van der Waals surface area contributed by atoms with Crippen molar-refractivity contribution in [2.24, 2.45) is 11.8 Å². The van der Waals surface area contributed by atoms with Crippen molar-refractivity contribution in [2.45, 2.75) is 96.6 Å². The Balaban J connectivity index is 1.46. The molecule has 14 nitrogen and oxygen atoms in total. The summed E-state index contributed by atoms with van der Waals surface area (Å²) in [5, 5.41) is 5.49. The molecule has 2 aromatic carbocycles. The Hall–Kier alpha value is -5.57. The number of hydrogen-bond donors (Lipinski definition) is 3. The third kappa shape index (κ3) is 13.0. The largest absolute Gasteiger partial charge is 0.481 e. The molecular formula is C43H53N5O9S. The van der Waals surface area contributed by atoms with Crippen LogP contribution >= 0.6 is 0 Å². The Morgan fingerprint density at radius 2 is 1.52 bits per heavy atom. The van der Waals surface area contributed by atoms with Crippen molar-refractivity contribution in [1.29, 1.82) is 0 Å². The zero-order valence-corrected chi connectivity index (χ0v) is 34.3. The van der Waals surface area contributed by atoms with Gasteiger partial charge in [0, 0.05) is 5.56 Å². The lowest BCUT2D eigenvalue weighted by Crippen LogP contribution is -2.49. The second-order valence-corrected chi connectivity index (χ2v) is 17.2. The molecule has 0 spiro atoms. The van der Waals surface area contributed by atoms with E-state index >= 15 is 0 Å². The van der Waals surface area contributed by atoms with E-state index in [1.54, 1.807) is 57.2 Å². The number of fused-ring (bicyclic) bond motifs is 1. The van der Waals surface area contributed by atoms with Crippen LogP contribution in [0.5, 0.6) is 11.8 Å². The lowest BCUT2D eigenvalue weighted by atomic mass is 9.80. The molecule has 3 N–H and O–H groups in total. The molecule has 3 atom stereocenters. The van der Waals surface area contributed by atoms with Gasteiger partial charge in [-0.25, -0.2) is 17.9 Å². The number of carbonyl (C=O) groups excluding carboxylic acids is 4. The number of allylic oxidation sites excluding steroid dienone is 3. The molecule has 5 rings (SSSR count). The summed E-state index contributed by atoms with van der Waals surface area (Å²) in [5.41, 5.74) is -0.141. The number of hydrogen-bond acceptors (Lipinski definition) is 11. The van der Waals surface area contributed by atoms with E-state index in [0.717, 1.165) is 37.7 Å². The van der Waals surface area contributed by atoms with Gasteiger partial charge in [-0.3, -0.25) is 14.4 Å². The molecule has 2 heterocycles. The van der Waals surface area contributed by atoms with Crippen LogP contribution in [0.25, 0.3) is 11.4 Å². The molecule has 1 aliphatic carbocycles. The number of benzene rings is 2. The summed E-state index contributed by atoms with van der Waals surface area (Å²) < 4.78 is 44.9. The van der Waals surface area contributed by atoms with Crippen molar-refractivity contribution in [3.05, 3.63) is 90.2 Å². The molecule has 58 heavy (non-hydrogen) atoms. The lowest BCUT2D eigenvalue weighted by molar-refractivity contribution is -0.134. The van der Waals surface area contributed by atoms with E-state index in [-0.39, 0.29) is 35.7 Å². The maximum Gasteiger partial charge on any atom is 0.408 e. The monoisotopic (exact) mass is 815 g/mol. The van der Waals surface area contributed by atoms with Crippen LogP contribution in [0.15, 0.2) is 84.7 Å². The van der Waals surface area contributed by atoms with E-state index in [1.165, 1.54) is 19.2 Å². The summed E-state index contributed by atoms with van der Waals surface area (Å²) in [6.07, 6.45) is 10.8. The van der Waals surface area contributed by atoms with Crippen LogP contribution in [0.1, 0.15) is 95.3 Å². The van der Waals surface area contributed by atoms with Gasteiger partial charge in [0.15, 0.2) is 11.6 Å². The third-order valence-corrected chi connectivity index (χ3v) is 10.9. The van der Waals surface area contributed by atoms with Crippen molar-refractivity contribution in [3.63, 3.8) is 0 Å². The number of amides is 3. The SMILES string of the molecule is COc1cc(OC2=CCC(C3C(=O)Nc4ccccc4C(=O)NS(=O)(=O)CCCCCCCCCC[C@H](NC(=O)OC(C)(C)C)C3=O)C=C2)nc(-c2ccccc2)n1. The van der Waals surface area contributed by atoms with Crippen molar-refractivity contribution < 1.29 is 41.8 Å². The number of alkyl carbamates (subject to hydrolysis) is 1. The normalized spacial score (nSPS) is 21.3. The topological polar surface area (TPSA) is 192 Å². The van der Waals surface area contributed by atoms with Gasteiger partial charge in [-0.1, -0.05) is 93.5 Å². The summed E-state index contributed by atoms with van der Waals surface area (Å²) in [5.74, 6) is -3.14. The fraction of sp³-hybridized carbons (Fsp3) is 0.442. The number of ether oxygens (including phenoxy) is 3. The molecule has 310 valence electrons. The highest BCUT2D eigenvalue weighted by molar-refractivity contribution is 7.90. The molecule has 0 saturated heterocycles. The summed E-state index contributed by atoms with van der Waals surface area (Å²) in [6.45, 7) is 5.16.